The Morgan fingerprint density at radius 2 is 1.80 bits per heavy atom. The summed E-state index contributed by atoms with van der Waals surface area (Å²) in [4.78, 5) is 22.2. The van der Waals surface area contributed by atoms with Gasteiger partial charge in [-0.05, 0) is 24.3 Å². The molecule has 0 aromatic heterocycles. The van der Waals surface area contributed by atoms with Crippen molar-refractivity contribution in [3.63, 3.8) is 0 Å². The minimum absolute atomic E-state index is 0.0108. The largest absolute Gasteiger partial charge is 0.469 e. The van der Waals surface area contributed by atoms with E-state index in [9.17, 15) is 22.8 Å². The number of benzene rings is 1. The molecule has 20 heavy (non-hydrogen) atoms. The third kappa shape index (κ3) is 5.17. The van der Waals surface area contributed by atoms with Crippen LogP contribution in [-0.4, -0.2) is 25.7 Å². The van der Waals surface area contributed by atoms with E-state index in [4.69, 9.17) is 0 Å². The second-order valence-corrected chi connectivity index (χ2v) is 3.78. The van der Waals surface area contributed by atoms with Crippen molar-refractivity contribution in [2.75, 3.05) is 19.0 Å². The van der Waals surface area contributed by atoms with Gasteiger partial charge in [0.15, 0.2) is 0 Å². The Labute approximate surface area is 113 Å². The lowest BCUT2D eigenvalue weighted by Gasteiger charge is -2.09. The zero-order valence-electron chi connectivity index (χ0n) is 10.6. The molecule has 110 valence electrons. The molecule has 0 aliphatic carbocycles. The number of amides is 2. The lowest BCUT2D eigenvalue weighted by Crippen LogP contribution is -2.30. The van der Waals surface area contributed by atoms with Gasteiger partial charge in [-0.1, -0.05) is 0 Å². The molecule has 0 unspecified atom stereocenters. The predicted octanol–water partition coefficient (Wildman–Crippen LogP) is 2.39. The van der Waals surface area contributed by atoms with E-state index in [-0.39, 0.29) is 18.7 Å². The van der Waals surface area contributed by atoms with Crippen LogP contribution in [0.2, 0.25) is 0 Å². The molecule has 0 saturated carbocycles. The number of carbonyl (C=O) groups excluding carboxylic acids is 2. The Bertz CT molecular complexity index is 472. The van der Waals surface area contributed by atoms with Crippen molar-refractivity contribution in [1.82, 2.24) is 5.32 Å². The summed E-state index contributed by atoms with van der Waals surface area (Å²) in [5.41, 5.74) is -0.581. The van der Waals surface area contributed by atoms with E-state index in [0.717, 1.165) is 24.3 Å². The van der Waals surface area contributed by atoms with Crippen LogP contribution in [0, 0.1) is 0 Å². The van der Waals surface area contributed by atoms with Gasteiger partial charge in [0.2, 0.25) is 0 Å². The predicted molar refractivity (Wildman–Crippen MR) is 65.1 cm³/mol. The first-order valence-corrected chi connectivity index (χ1v) is 5.62. The van der Waals surface area contributed by atoms with E-state index in [2.05, 4.69) is 15.4 Å². The summed E-state index contributed by atoms with van der Waals surface area (Å²) in [5, 5.41) is 4.71. The summed E-state index contributed by atoms with van der Waals surface area (Å²) in [6, 6.07) is 3.40. The first kappa shape index (κ1) is 15.8. The number of esters is 1. The second-order valence-electron chi connectivity index (χ2n) is 3.78. The Balaban J connectivity index is 2.44. The highest BCUT2D eigenvalue weighted by atomic mass is 19.4. The highest BCUT2D eigenvalue weighted by molar-refractivity contribution is 5.89. The maximum absolute atomic E-state index is 12.3. The van der Waals surface area contributed by atoms with Crippen molar-refractivity contribution in [2.24, 2.45) is 0 Å². The normalized spacial score (nSPS) is 10.8. The minimum atomic E-state index is -4.42. The topological polar surface area (TPSA) is 67.4 Å². The van der Waals surface area contributed by atoms with Crippen molar-refractivity contribution in [2.45, 2.75) is 12.6 Å². The molecule has 0 bridgehead atoms. The number of methoxy groups -OCH3 is 1. The molecular formula is C12H13F3N2O3. The molecule has 0 fully saturated rings. The van der Waals surface area contributed by atoms with E-state index in [1.54, 1.807) is 0 Å². The molecule has 2 amide bonds. The van der Waals surface area contributed by atoms with Gasteiger partial charge in [-0.2, -0.15) is 13.2 Å². The van der Waals surface area contributed by atoms with Crippen LogP contribution in [0.15, 0.2) is 24.3 Å². The summed E-state index contributed by atoms with van der Waals surface area (Å²) in [6.07, 6.45) is -4.40. The van der Waals surface area contributed by atoms with Crippen LogP contribution < -0.4 is 10.6 Å². The smallest absolute Gasteiger partial charge is 0.416 e. The fraction of sp³-hybridized carbons (Fsp3) is 0.333. The maximum Gasteiger partial charge on any atom is 0.416 e. The Kier molecular flexibility index (Phi) is 5.36. The SMILES string of the molecule is COC(=O)CCNC(=O)Nc1ccc(C(F)(F)F)cc1. The number of anilines is 1. The fourth-order valence-corrected chi connectivity index (χ4v) is 1.30. The lowest BCUT2D eigenvalue weighted by molar-refractivity contribution is -0.140. The average molecular weight is 290 g/mol. The lowest BCUT2D eigenvalue weighted by atomic mass is 10.2. The number of hydrogen-bond donors (Lipinski definition) is 2. The van der Waals surface area contributed by atoms with E-state index >= 15 is 0 Å². The highest BCUT2D eigenvalue weighted by Gasteiger charge is 2.29. The number of urea groups is 1. The van der Waals surface area contributed by atoms with Gasteiger partial charge in [0.1, 0.15) is 0 Å². The van der Waals surface area contributed by atoms with E-state index in [1.165, 1.54) is 7.11 Å². The number of rotatable bonds is 4. The van der Waals surface area contributed by atoms with Gasteiger partial charge in [-0.25, -0.2) is 4.79 Å². The van der Waals surface area contributed by atoms with Crippen molar-refractivity contribution in [3.8, 4) is 0 Å². The molecule has 0 saturated heterocycles. The molecule has 0 atom stereocenters. The standard InChI is InChI=1S/C12H13F3N2O3/c1-20-10(18)6-7-16-11(19)17-9-4-2-8(3-5-9)12(13,14)15/h2-5H,6-7H2,1H3,(H2,16,17,19). The van der Waals surface area contributed by atoms with Gasteiger partial charge in [-0.3, -0.25) is 4.79 Å². The molecular weight excluding hydrogens is 277 g/mol. The number of nitrogens with one attached hydrogen (secondary N) is 2. The molecule has 0 radical (unpaired) electrons. The van der Waals surface area contributed by atoms with Gasteiger partial charge in [0.25, 0.3) is 0 Å². The van der Waals surface area contributed by atoms with Crippen molar-refractivity contribution >= 4 is 17.7 Å². The molecule has 0 aliphatic heterocycles. The van der Waals surface area contributed by atoms with Crippen LogP contribution in [0.25, 0.3) is 0 Å². The Morgan fingerprint density at radius 1 is 1.20 bits per heavy atom. The summed E-state index contributed by atoms with van der Waals surface area (Å²) >= 11 is 0. The molecule has 1 rings (SSSR count). The third-order valence-electron chi connectivity index (χ3n) is 2.31. The fourth-order valence-electron chi connectivity index (χ4n) is 1.30. The zero-order valence-corrected chi connectivity index (χ0v) is 10.6. The number of halogens is 3. The van der Waals surface area contributed by atoms with Crippen molar-refractivity contribution in [1.29, 1.82) is 0 Å². The van der Waals surface area contributed by atoms with Gasteiger partial charge in [-0.15, -0.1) is 0 Å². The number of hydrogen-bond acceptors (Lipinski definition) is 3. The summed E-state index contributed by atoms with van der Waals surface area (Å²) in [6.45, 7) is 0.0686. The second kappa shape index (κ2) is 6.78. The number of alkyl halides is 3. The monoisotopic (exact) mass is 290 g/mol. The molecule has 5 nitrogen and oxygen atoms in total. The number of ether oxygens (including phenoxy) is 1. The van der Waals surface area contributed by atoms with E-state index in [1.807, 2.05) is 0 Å². The van der Waals surface area contributed by atoms with Crippen LogP contribution in [0.3, 0.4) is 0 Å². The van der Waals surface area contributed by atoms with Gasteiger partial charge < -0.3 is 15.4 Å². The quantitative estimate of drug-likeness (QED) is 0.837. The van der Waals surface area contributed by atoms with Crippen molar-refractivity contribution < 1.29 is 27.5 Å². The van der Waals surface area contributed by atoms with Crippen LogP contribution in [0.1, 0.15) is 12.0 Å². The van der Waals surface area contributed by atoms with Crippen LogP contribution in [0.5, 0.6) is 0 Å². The number of carbonyl (C=O) groups is 2. The Hall–Kier alpha value is -2.25. The molecule has 0 spiro atoms. The van der Waals surface area contributed by atoms with Crippen LogP contribution in [-0.2, 0) is 15.7 Å². The van der Waals surface area contributed by atoms with E-state index < -0.39 is 23.7 Å². The highest BCUT2D eigenvalue weighted by Crippen LogP contribution is 2.29. The maximum atomic E-state index is 12.3. The summed E-state index contributed by atoms with van der Waals surface area (Å²) in [7, 11) is 1.23. The van der Waals surface area contributed by atoms with Gasteiger partial charge in [0.05, 0.1) is 19.1 Å². The van der Waals surface area contributed by atoms with E-state index in [0.29, 0.717) is 0 Å². The molecule has 2 N–H and O–H groups in total. The summed E-state index contributed by atoms with van der Waals surface area (Å²) in [5.74, 6) is -0.472. The molecule has 1 aromatic rings. The van der Waals surface area contributed by atoms with Gasteiger partial charge >= 0.3 is 18.2 Å². The third-order valence-corrected chi connectivity index (χ3v) is 2.31. The first-order valence-electron chi connectivity index (χ1n) is 5.62. The Morgan fingerprint density at radius 3 is 2.30 bits per heavy atom. The molecule has 0 heterocycles. The molecule has 8 heteroatoms. The summed E-state index contributed by atoms with van der Waals surface area (Å²) < 4.78 is 41.3. The van der Waals surface area contributed by atoms with Crippen LogP contribution >= 0.6 is 0 Å². The molecule has 0 aliphatic rings. The van der Waals surface area contributed by atoms with Gasteiger partial charge in [0, 0.05) is 12.2 Å². The zero-order chi connectivity index (χ0) is 15.2. The average Bonchev–Trinajstić information content (AvgIpc) is 2.38. The van der Waals surface area contributed by atoms with Crippen molar-refractivity contribution in [3.05, 3.63) is 29.8 Å². The molecule has 1 aromatic carbocycles. The first-order chi connectivity index (χ1) is 9.32. The van der Waals surface area contributed by atoms with Crippen LogP contribution in [0.4, 0.5) is 23.7 Å². The minimum Gasteiger partial charge on any atom is -0.469 e.